The second-order valence-corrected chi connectivity index (χ2v) is 7.84. The predicted molar refractivity (Wildman–Crippen MR) is 73.4 cm³/mol. The van der Waals surface area contributed by atoms with Gasteiger partial charge in [0.1, 0.15) is 0 Å². The number of hydrogen-bond acceptors (Lipinski definition) is 4. The average Bonchev–Trinajstić information content (AvgIpc) is 3.06. The minimum absolute atomic E-state index is 0.0529. The summed E-state index contributed by atoms with van der Waals surface area (Å²) in [5, 5.41) is 2.84. The van der Waals surface area contributed by atoms with Crippen molar-refractivity contribution in [2.24, 2.45) is 5.73 Å². The van der Waals surface area contributed by atoms with Crippen molar-refractivity contribution in [2.45, 2.75) is 42.4 Å². The average molecular weight is 268 g/mol. The van der Waals surface area contributed by atoms with Crippen molar-refractivity contribution in [3.63, 3.8) is 0 Å². The summed E-state index contributed by atoms with van der Waals surface area (Å²) in [6, 6.07) is 6.88. The number of anilines is 1. The molecule has 0 unspecified atom stereocenters. The third-order valence-electron chi connectivity index (χ3n) is 3.34. The van der Waals surface area contributed by atoms with Crippen LogP contribution in [0.15, 0.2) is 29.2 Å². The molecule has 1 aromatic rings. The van der Waals surface area contributed by atoms with Crippen molar-refractivity contribution < 1.29 is 8.42 Å². The summed E-state index contributed by atoms with van der Waals surface area (Å²) in [6.07, 6.45) is 2.11. The minimum Gasteiger partial charge on any atom is -0.383 e. The van der Waals surface area contributed by atoms with Crippen LogP contribution < -0.4 is 11.1 Å². The molecule has 0 heterocycles. The Morgan fingerprint density at radius 1 is 1.28 bits per heavy atom. The number of rotatable bonds is 5. The zero-order valence-corrected chi connectivity index (χ0v) is 11.6. The van der Waals surface area contributed by atoms with Gasteiger partial charge in [-0.05, 0) is 51.0 Å². The van der Waals surface area contributed by atoms with Crippen molar-refractivity contribution in [3.05, 3.63) is 24.3 Å². The van der Waals surface area contributed by atoms with Gasteiger partial charge in [-0.3, -0.25) is 0 Å². The maximum Gasteiger partial charge on any atom is 0.180 e. The SMILES string of the molecule is CC(C)S(=O)(=O)c1ccc(NCC2(N)CC2)cc1. The molecule has 5 heteroatoms. The molecular weight excluding hydrogens is 248 g/mol. The van der Waals surface area contributed by atoms with Gasteiger partial charge in [-0.15, -0.1) is 0 Å². The first-order valence-electron chi connectivity index (χ1n) is 6.20. The predicted octanol–water partition coefficient (Wildman–Crippen LogP) is 1.77. The smallest absolute Gasteiger partial charge is 0.180 e. The molecule has 0 aromatic heterocycles. The standard InChI is InChI=1S/C13H20N2O2S/c1-10(2)18(16,17)12-5-3-11(4-6-12)15-9-13(14)7-8-13/h3-6,10,15H,7-9,14H2,1-2H3. The van der Waals surface area contributed by atoms with Crippen LogP contribution in [0.3, 0.4) is 0 Å². The molecule has 2 rings (SSSR count). The van der Waals surface area contributed by atoms with Crippen LogP contribution in [0.2, 0.25) is 0 Å². The Bertz CT molecular complexity index is 516. The molecule has 1 aromatic carbocycles. The molecule has 1 fully saturated rings. The molecule has 0 radical (unpaired) electrons. The highest BCUT2D eigenvalue weighted by Crippen LogP contribution is 2.32. The number of hydrogen-bond donors (Lipinski definition) is 2. The molecule has 0 saturated heterocycles. The maximum atomic E-state index is 11.9. The summed E-state index contributed by atoms with van der Waals surface area (Å²) in [7, 11) is -3.18. The molecule has 1 aliphatic rings. The highest BCUT2D eigenvalue weighted by molar-refractivity contribution is 7.92. The molecule has 1 aliphatic carbocycles. The highest BCUT2D eigenvalue weighted by Gasteiger charge is 2.37. The van der Waals surface area contributed by atoms with Gasteiger partial charge in [0.2, 0.25) is 0 Å². The van der Waals surface area contributed by atoms with Gasteiger partial charge in [-0.25, -0.2) is 8.42 Å². The van der Waals surface area contributed by atoms with Gasteiger partial charge in [-0.2, -0.15) is 0 Å². The number of sulfone groups is 1. The second kappa shape index (κ2) is 4.55. The summed E-state index contributed by atoms with van der Waals surface area (Å²) >= 11 is 0. The summed E-state index contributed by atoms with van der Waals surface area (Å²) in [5.74, 6) is 0. The number of nitrogens with one attached hydrogen (secondary N) is 1. The van der Waals surface area contributed by atoms with Crippen molar-refractivity contribution in [1.29, 1.82) is 0 Å². The molecular formula is C13H20N2O2S. The normalized spacial score (nSPS) is 17.8. The van der Waals surface area contributed by atoms with Crippen molar-refractivity contribution in [2.75, 3.05) is 11.9 Å². The molecule has 0 amide bonds. The van der Waals surface area contributed by atoms with Crippen LogP contribution in [0.5, 0.6) is 0 Å². The Morgan fingerprint density at radius 3 is 2.28 bits per heavy atom. The van der Waals surface area contributed by atoms with Crippen molar-refractivity contribution >= 4 is 15.5 Å². The lowest BCUT2D eigenvalue weighted by Crippen LogP contribution is -2.31. The number of nitrogens with two attached hydrogens (primary N) is 1. The molecule has 100 valence electrons. The van der Waals surface area contributed by atoms with Crippen molar-refractivity contribution in [3.8, 4) is 0 Å². The molecule has 0 atom stereocenters. The van der Waals surface area contributed by atoms with E-state index in [0.717, 1.165) is 25.1 Å². The van der Waals surface area contributed by atoms with Gasteiger partial charge >= 0.3 is 0 Å². The Balaban J connectivity index is 2.05. The first-order valence-corrected chi connectivity index (χ1v) is 7.75. The van der Waals surface area contributed by atoms with E-state index >= 15 is 0 Å². The Hall–Kier alpha value is -1.07. The third kappa shape index (κ3) is 2.84. The summed E-state index contributed by atoms with van der Waals surface area (Å²) in [4.78, 5) is 0.372. The van der Waals surface area contributed by atoms with Crippen LogP contribution in [-0.2, 0) is 9.84 Å². The van der Waals surface area contributed by atoms with E-state index in [4.69, 9.17) is 5.73 Å². The molecule has 0 spiro atoms. The second-order valence-electron chi connectivity index (χ2n) is 5.33. The number of benzene rings is 1. The first kappa shape index (κ1) is 13.4. The van der Waals surface area contributed by atoms with E-state index in [1.807, 2.05) is 0 Å². The maximum absolute atomic E-state index is 11.9. The topological polar surface area (TPSA) is 72.2 Å². The van der Waals surface area contributed by atoms with E-state index in [9.17, 15) is 8.42 Å². The molecule has 4 nitrogen and oxygen atoms in total. The van der Waals surface area contributed by atoms with Crippen LogP contribution >= 0.6 is 0 Å². The van der Waals surface area contributed by atoms with Crippen LogP contribution in [0.25, 0.3) is 0 Å². The Morgan fingerprint density at radius 2 is 1.83 bits per heavy atom. The molecule has 18 heavy (non-hydrogen) atoms. The molecule has 0 bridgehead atoms. The van der Waals surface area contributed by atoms with Gasteiger partial charge in [0.15, 0.2) is 9.84 Å². The molecule has 3 N–H and O–H groups in total. The zero-order valence-electron chi connectivity index (χ0n) is 10.8. The quantitative estimate of drug-likeness (QED) is 0.853. The van der Waals surface area contributed by atoms with Gasteiger partial charge < -0.3 is 11.1 Å². The zero-order chi connectivity index (χ0) is 13.4. The molecule has 0 aliphatic heterocycles. The fourth-order valence-electron chi connectivity index (χ4n) is 1.65. The van der Waals surface area contributed by atoms with Crippen LogP contribution in [0, 0.1) is 0 Å². The Kier molecular flexibility index (Phi) is 3.38. The first-order chi connectivity index (χ1) is 8.33. The van der Waals surface area contributed by atoms with E-state index in [1.165, 1.54) is 0 Å². The van der Waals surface area contributed by atoms with Crippen LogP contribution in [0.4, 0.5) is 5.69 Å². The molecule has 1 saturated carbocycles. The third-order valence-corrected chi connectivity index (χ3v) is 5.51. The highest BCUT2D eigenvalue weighted by atomic mass is 32.2. The fourth-order valence-corrected chi connectivity index (χ4v) is 2.71. The van der Waals surface area contributed by atoms with E-state index in [-0.39, 0.29) is 5.54 Å². The fraction of sp³-hybridized carbons (Fsp3) is 0.538. The lowest BCUT2D eigenvalue weighted by atomic mass is 10.2. The summed E-state index contributed by atoms with van der Waals surface area (Å²) in [5.41, 5.74) is 6.83. The Labute approximate surface area is 108 Å². The van der Waals surface area contributed by atoms with Gasteiger partial charge in [0.05, 0.1) is 10.1 Å². The lowest BCUT2D eigenvalue weighted by Gasteiger charge is -2.12. The van der Waals surface area contributed by atoms with Gasteiger partial charge in [-0.1, -0.05) is 0 Å². The van der Waals surface area contributed by atoms with Gasteiger partial charge in [0, 0.05) is 17.8 Å². The largest absolute Gasteiger partial charge is 0.383 e. The summed E-state index contributed by atoms with van der Waals surface area (Å²) in [6.45, 7) is 4.11. The monoisotopic (exact) mass is 268 g/mol. The minimum atomic E-state index is -3.18. The van der Waals surface area contributed by atoms with Crippen LogP contribution in [-0.4, -0.2) is 25.8 Å². The van der Waals surface area contributed by atoms with E-state index in [2.05, 4.69) is 5.32 Å². The van der Waals surface area contributed by atoms with Crippen LogP contribution in [0.1, 0.15) is 26.7 Å². The van der Waals surface area contributed by atoms with Gasteiger partial charge in [0.25, 0.3) is 0 Å². The lowest BCUT2D eigenvalue weighted by molar-refractivity contribution is 0.587. The van der Waals surface area contributed by atoms with Crippen molar-refractivity contribution in [1.82, 2.24) is 0 Å². The van der Waals surface area contributed by atoms with E-state index in [1.54, 1.807) is 38.1 Å². The van der Waals surface area contributed by atoms with E-state index in [0.29, 0.717) is 4.90 Å². The van der Waals surface area contributed by atoms with E-state index < -0.39 is 15.1 Å². The summed E-state index contributed by atoms with van der Waals surface area (Å²) < 4.78 is 23.9.